The van der Waals surface area contributed by atoms with Crippen molar-refractivity contribution in [3.63, 3.8) is 0 Å². The normalized spacial score (nSPS) is 25.0. The monoisotopic (exact) mass is 1280 g/mol. The fraction of sp³-hybridized carbons (Fsp3) is 0.644. The zero-order valence-corrected chi connectivity index (χ0v) is 64.5. The summed E-state index contributed by atoms with van der Waals surface area (Å²) in [5, 5.41) is 0. The summed E-state index contributed by atoms with van der Waals surface area (Å²) in [5.74, 6) is 6.48. The molecule has 7 aliphatic rings. The Morgan fingerprint density at radius 1 is 0.436 bits per heavy atom. The molecule has 5 atom stereocenters. The van der Waals surface area contributed by atoms with Gasteiger partial charge in [0.2, 0.25) is 0 Å². The van der Waals surface area contributed by atoms with Gasteiger partial charge in [0.25, 0.3) is 5.91 Å². The first-order chi connectivity index (χ1) is 43.8. The molecule has 0 saturated heterocycles. The van der Waals surface area contributed by atoms with Crippen LogP contribution >= 0.6 is 0 Å². The second-order valence-electron chi connectivity index (χ2n) is 36.7. The largest absolute Gasteiger partial charge is 0.451 e. The molecule has 94 heavy (non-hydrogen) atoms. The maximum Gasteiger partial charge on any atom is 0.339 e. The first-order valence-corrected chi connectivity index (χ1v) is 37.8. The Bertz CT molecular complexity index is 3060. The maximum absolute atomic E-state index is 12.5. The number of esters is 1. The van der Waals surface area contributed by atoms with E-state index in [2.05, 4.69) is 194 Å². The summed E-state index contributed by atoms with van der Waals surface area (Å²) in [6.07, 6.45) is 29.1. The summed E-state index contributed by atoms with van der Waals surface area (Å²) in [6, 6.07) is 42.6. The van der Waals surface area contributed by atoms with Crippen molar-refractivity contribution in [2.45, 2.75) is 304 Å². The highest BCUT2D eigenvalue weighted by atomic mass is 16.6. The van der Waals surface area contributed by atoms with Gasteiger partial charge in [-0.15, -0.1) is 0 Å². The molecule has 0 radical (unpaired) electrons. The molecule has 0 aromatic heterocycles. The van der Waals surface area contributed by atoms with E-state index >= 15 is 0 Å². The van der Waals surface area contributed by atoms with Crippen molar-refractivity contribution in [1.82, 2.24) is 0 Å². The van der Waals surface area contributed by atoms with Crippen LogP contribution in [-0.2, 0) is 21.3 Å². The van der Waals surface area contributed by atoms with Crippen molar-refractivity contribution < 1.29 is 14.3 Å². The van der Waals surface area contributed by atoms with Crippen LogP contribution < -0.4 is 4.90 Å². The smallest absolute Gasteiger partial charge is 0.339 e. The molecule has 5 aromatic carbocycles. The predicted molar refractivity (Wildman–Crippen MR) is 407 cm³/mol. The minimum absolute atomic E-state index is 0.0850. The summed E-state index contributed by atoms with van der Waals surface area (Å²) in [4.78, 5) is 25.7. The summed E-state index contributed by atoms with van der Waals surface area (Å²) in [7, 11) is 0. The highest BCUT2D eigenvalue weighted by Crippen LogP contribution is 2.50. The molecule has 0 spiro atoms. The second-order valence-corrected chi connectivity index (χ2v) is 36.7. The van der Waals surface area contributed by atoms with Crippen LogP contribution in [0.25, 0.3) is 11.1 Å². The van der Waals surface area contributed by atoms with Crippen LogP contribution in [0.15, 0.2) is 127 Å². The third-order valence-electron chi connectivity index (χ3n) is 23.1. The van der Waals surface area contributed by atoms with E-state index in [9.17, 15) is 9.59 Å². The van der Waals surface area contributed by atoms with Crippen molar-refractivity contribution in [2.75, 3.05) is 4.90 Å². The highest BCUT2D eigenvalue weighted by molar-refractivity contribution is 6.11. The number of hydrogen-bond donors (Lipinski definition) is 0. The summed E-state index contributed by atoms with van der Waals surface area (Å²) in [6.45, 7) is 53.5. The van der Waals surface area contributed by atoms with E-state index in [1.165, 1.54) is 151 Å². The summed E-state index contributed by atoms with van der Waals surface area (Å²) < 4.78 is 5.18. The van der Waals surface area contributed by atoms with Gasteiger partial charge < -0.3 is 4.74 Å². The van der Waals surface area contributed by atoms with E-state index in [-0.39, 0.29) is 22.8 Å². The number of anilines is 1. The van der Waals surface area contributed by atoms with E-state index in [0.29, 0.717) is 32.6 Å². The SMILES string of the molecule is CC(C)C1CCC(C)(C)C[C@H]1C.CC1(C)CCCCCCCCCCC1.CC1(C)OC(=O)c2ccccc21.CC1(C)c2ccccc2-c2ccccc21.CC1(C)c2ccccc2C(=O)N1c1ccccc1.CC1CC(C)(C)CC(C)(C)C1.CC1CCC(C(C)(C)C)C[C@@H]1C. The average molecular weight is 1280 g/mol. The zero-order chi connectivity index (χ0) is 69.7. The number of carbonyl (C=O) groups excluding carboxylic acids is 2. The van der Waals surface area contributed by atoms with Crippen LogP contribution in [0.2, 0.25) is 0 Å². The number of carbonyl (C=O) groups is 2. The molecule has 5 aliphatic carbocycles. The first kappa shape index (κ1) is 78.0. The Hall–Kier alpha value is -4.96. The van der Waals surface area contributed by atoms with Gasteiger partial charge in [-0.1, -0.05) is 299 Å². The molecule has 4 nitrogen and oxygen atoms in total. The van der Waals surface area contributed by atoms with Gasteiger partial charge in [0.1, 0.15) is 5.60 Å². The van der Waals surface area contributed by atoms with Crippen molar-refractivity contribution >= 4 is 17.6 Å². The Morgan fingerprint density at radius 2 is 0.872 bits per heavy atom. The quantitative estimate of drug-likeness (QED) is 0.166. The molecule has 0 N–H and O–H groups in total. The zero-order valence-electron chi connectivity index (χ0n) is 64.5. The Balaban J connectivity index is 0.000000175. The van der Waals surface area contributed by atoms with Gasteiger partial charge >= 0.3 is 5.97 Å². The van der Waals surface area contributed by atoms with E-state index in [1.807, 2.05) is 91.5 Å². The van der Waals surface area contributed by atoms with E-state index in [4.69, 9.17) is 4.74 Å². The lowest BCUT2D eigenvalue weighted by Gasteiger charge is -2.44. The van der Waals surface area contributed by atoms with Crippen LogP contribution in [0, 0.1) is 68.5 Å². The predicted octanol–water partition coefficient (Wildman–Crippen LogP) is 27.1. The molecule has 4 heteroatoms. The summed E-state index contributed by atoms with van der Waals surface area (Å²) >= 11 is 0. The number of cyclic esters (lactones) is 1. The molecule has 4 saturated carbocycles. The molecular weight excluding hydrogens is 1140 g/mol. The van der Waals surface area contributed by atoms with Crippen LogP contribution in [0.5, 0.6) is 0 Å². The number of fused-ring (bicyclic) bond motifs is 5. The lowest BCUT2D eigenvalue weighted by atomic mass is 9.62. The Kier molecular flexibility index (Phi) is 27.4. The minimum Gasteiger partial charge on any atom is -0.451 e. The van der Waals surface area contributed by atoms with E-state index in [0.717, 1.165) is 63.8 Å². The fourth-order valence-electron chi connectivity index (χ4n) is 18.2. The van der Waals surface area contributed by atoms with Gasteiger partial charge in [0.15, 0.2) is 0 Å². The van der Waals surface area contributed by atoms with Crippen molar-refractivity contribution in [3.8, 4) is 11.1 Å². The minimum atomic E-state index is -0.451. The van der Waals surface area contributed by atoms with Gasteiger partial charge in [-0.05, 0) is 212 Å². The van der Waals surface area contributed by atoms with E-state index in [1.54, 1.807) is 6.07 Å². The van der Waals surface area contributed by atoms with Gasteiger partial charge in [0, 0.05) is 22.2 Å². The Labute approximate surface area is 578 Å². The topological polar surface area (TPSA) is 46.6 Å². The number of rotatable bonds is 2. The van der Waals surface area contributed by atoms with Gasteiger partial charge in [0.05, 0.1) is 11.1 Å². The average Bonchev–Trinajstić information content (AvgIpc) is 1.60. The van der Waals surface area contributed by atoms with Crippen molar-refractivity contribution in [2.24, 2.45) is 68.5 Å². The first-order valence-electron chi connectivity index (χ1n) is 37.8. The molecule has 5 aromatic rings. The molecule has 3 unspecified atom stereocenters. The molecule has 2 heterocycles. The van der Waals surface area contributed by atoms with Crippen molar-refractivity contribution in [1.29, 1.82) is 0 Å². The number of para-hydroxylation sites is 1. The Morgan fingerprint density at radius 3 is 1.31 bits per heavy atom. The fourth-order valence-corrected chi connectivity index (χ4v) is 18.2. The molecule has 520 valence electrons. The standard InChI is InChI=1S/C16H15NO.C15H14.C14H28.2C12H24.C11H22.C10H10O2/c1-16(2)14-11-7-6-10-13(14)15(18)17(16)12-8-4-3-5-9-12;1-15(2)13-9-5-3-7-11(13)12-8-4-6-10-14(12)15;1-14(2)12-10-8-6-4-3-5-7-9-11-13-14;1-9-6-7-11(8-10(9)2)12(3,4)5;1-9(2)11-6-7-12(4,5)8-10(11)3;1-9-6-10(2,3)8-11(4,5)7-9;1-10(2)8-6-4-3-5-7(8)9(11)12-10/h3-11H,1-2H3;3-10H,1-2H3;3-13H2,1-2H3;2*9-11H,6-8H2,1-5H3;9H,6-8H2,1-5H3;3-6H,1-2H3/t;;;9?,10-,11?;10-,11?;;/m...01../s1. The molecule has 0 bridgehead atoms. The summed E-state index contributed by atoms with van der Waals surface area (Å²) in [5.41, 5.74) is 12.6. The third-order valence-corrected chi connectivity index (χ3v) is 23.1. The van der Waals surface area contributed by atoms with E-state index < -0.39 is 5.60 Å². The van der Waals surface area contributed by atoms with Gasteiger partial charge in [-0.25, -0.2) is 4.79 Å². The van der Waals surface area contributed by atoms with Gasteiger partial charge in [-0.2, -0.15) is 0 Å². The molecule has 1 amide bonds. The van der Waals surface area contributed by atoms with Crippen LogP contribution in [0.1, 0.15) is 331 Å². The number of amides is 1. The lowest BCUT2D eigenvalue weighted by molar-refractivity contribution is 0.00950. The van der Waals surface area contributed by atoms with Crippen LogP contribution in [0.3, 0.4) is 0 Å². The molecule has 2 aliphatic heterocycles. The number of nitrogens with zero attached hydrogens (tertiary/aromatic N) is 1. The van der Waals surface area contributed by atoms with Crippen molar-refractivity contribution in [3.05, 3.63) is 161 Å². The number of ether oxygens (including phenoxy) is 1. The second kappa shape index (κ2) is 33.1. The van der Waals surface area contributed by atoms with Crippen LogP contribution in [-0.4, -0.2) is 11.9 Å². The molecule has 12 rings (SSSR count). The van der Waals surface area contributed by atoms with Crippen LogP contribution in [0.4, 0.5) is 5.69 Å². The number of benzene rings is 5. The highest BCUT2D eigenvalue weighted by Gasteiger charge is 2.44. The number of hydrogen-bond acceptors (Lipinski definition) is 3. The molecule has 4 fully saturated rings. The van der Waals surface area contributed by atoms with Gasteiger partial charge in [-0.3, -0.25) is 9.69 Å². The maximum atomic E-state index is 12.5. The molecular formula is C90H137NO3. The third kappa shape index (κ3) is 21.8. The lowest BCUT2D eigenvalue weighted by Crippen LogP contribution is -2.39.